The van der Waals surface area contributed by atoms with Crippen molar-refractivity contribution < 1.29 is 13.9 Å². The van der Waals surface area contributed by atoms with Gasteiger partial charge in [-0.2, -0.15) is 0 Å². The normalized spacial score (nSPS) is 11.3. The van der Waals surface area contributed by atoms with Crippen molar-refractivity contribution >= 4 is 18.3 Å². The van der Waals surface area contributed by atoms with E-state index in [2.05, 4.69) is 5.32 Å². The van der Waals surface area contributed by atoms with Crippen LogP contribution in [0, 0.1) is 5.82 Å². The molecule has 0 aromatic heterocycles. The molecule has 0 bridgehead atoms. The third-order valence-corrected chi connectivity index (χ3v) is 2.23. The minimum atomic E-state index is -0.479. The van der Waals surface area contributed by atoms with Crippen LogP contribution < -0.4 is 15.8 Å². The predicted molar refractivity (Wildman–Crippen MR) is 65.8 cm³/mol. The van der Waals surface area contributed by atoms with Crippen LogP contribution in [-0.2, 0) is 4.79 Å². The molecule has 0 aliphatic carbocycles. The molecular weight excluding hydrogens is 247 g/mol. The molecule has 0 aliphatic heterocycles. The van der Waals surface area contributed by atoms with Gasteiger partial charge in [0, 0.05) is 0 Å². The van der Waals surface area contributed by atoms with Crippen molar-refractivity contribution in [2.45, 2.75) is 13.0 Å². The maximum atomic E-state index is 13.6. The van der Waals surface area contributed by atoms with Crippen molar-refractivity contribution in [3.8, 4) is 5.75 Å². The van der Waals surface area contributed by atoms with Crippen molar-refractivity contribution in [2.24, 2.45) is 5.73 Å². The quantitative estimate of drug-likeness (QED) is 0.862. The fraction of sp³-hybridized carbons (Fsp3) is 0.364. The van der Waals surface area contributed by atoms with Crippen molar-refractivity contribution in [3.05, 3.63) is 29.6 Å². The molecule has 0 fully saturated rings. The summed E-state index contributed by atoms with van der Waals surface area (Å²) in [7, 11) is 1.45. The van der Waals surface area contributed by atoms with E-state index in [4.69, 9.17) is 10.5 Å². The molecule has 17 heavy (non-hydrogen) atoms. The SMILES string of the molecule is COc1cccc(F)c1C(C)NC(=O)CN.Cl. The lowest BCUT2D eigenvalue weighted by molar-refractivity contribution is -0.120. The Labute approximate surface area is 106 Å². The Bertz CT molecular complexity index is 388. The number of halogens is 2. The second kappa shape index (κ2) is 7.09. The van der Waals surface area contributed by atoms with Crippen LogP contribution in [-0.4, -0.2) is 19.6 Å². The Morgan fingerprint density at radius 2 is 2.24 bits per heavy atom. The first kappa shape index (κ1) is 15.7. The number of hydrogen-bond acceptors (Lipinski definition) is 3. The molecule has 3 N–H and O–H groups in total. The van der Waals surface area contributed by atoms with Gasteiger partial charge in [-0.1, -0.05) is 6.07 Å². The second-order valence-electron chi connectivity index (χ2n) is 3.35. The molecule has 1 amide bonds. The lowest BCUT2D eigenvalue weighted by atomic mass is 10.1. The molecular formula is C11H16ClFN2O2. The number of amides is 1. The van der Waals surface area contributed by atoms with Crippen molar-refractivity contribution in [3.63, 3.8) is 0 Å². The first-order valence-electron chi connectivity index (χ1n) is 4.92. The van der Waals surface area contributed by atoms with Crippen LogP contribution in [0.3, 0.4) is 0 Å². The lowest BCUT2D eigenvalue weighted by Gasteiger charge is -2.17. The number of hydrogen-bond donors (Lipinski definition) is 2. The molecule has 0 saturated carbocycles. The lowest BCUT2D eigenvalue weighted by Crippen LogP contribution is -2.32. The van der Waals surface area contributed by atoms with Crippen molar-refractivity contribution in [1.29, 1.82) is 0 Å². The summed E-state index contributed by atoms with van der Waals surface area (Å²) in [6, 6.07) is 4.04. The van der Waals surface area contributed by atoms with Crippen LogP contribution in [0.2, 0.25) is 0 Å². The second-order valence-corrected chi connectivity index (χ2v) is 3.35. The Kier molecular flexibility index (Phi) is 6.53. The molecule has 1 aromatic carbocycles. The van der Waals surface area contributed by atoms with Gasteiger partial charge in [-0.3, -0.25) is 4.79 Å². The summed E-state index contributed by atoms with van der Waals surface area (Å²) in [6.07, 6.45) is 0. The van der Waals surface area contributed by atoms with E-state index in [1.54, 1.807) is 19.1 Å². The molecule has 1 aromatic rings. The van der Waals surface area contributed by atoms with E-state index < -0.39 is 11.9 Å². The van der Waals surface area contributed by atoms with E-state index in [1.165, 1.54) is 13.2 Å². The topological polar surface area (TPSA) is 64.3 Å². The predicted octanol–water partition coefficient (Wildman–Crippen LogP) is 1.39. The van der Waals surface area contributed by atoms with Crippen LogP contribution in [0.4, 0.5) is 4.39 Å². The highest BCUT2D eigenvalue weighted by Gasteiger charge is 2.17. The Hall–Kier alpha value is -1.33. The maximum absolute atomic E-state index is 13.6. The standard InChI is InChI=1S/C11H15FN2O2.ClH/c1-7(14-10(15)6-13)11-8(12)4-3-5-9(11)16-2;/h3-5,7H,6,13H2,1-2H3,(H,14,15);1H. The highest BCUT2D eigenvalue weighted by Crippen LogP contribution is 2.27. The minimum Gasteiger partial charge on any atom is -0.496 e. The zero-order valence-corrected chi connectivity index (χ0v) is 10.5. The first-order valence-corrected chi connectivity index (χ1v) is 4.92. The zero-order valence-electron chi connectivity index (χ0n) is 9.70. The summed E-state index contributed by atoms with van der Waals surface area (Å²) >= 11 is 0. The summed E-state index contributed by atoms with van der Waals surface area (Å²) in [5, 5.41) is 2.58. The summed E-state index contributed by atoms with van der Waals surface area (Å²) in [5.41, 5.74) is 5.50. The Morgan fingerprint density at radius 1 is 1.59 bits per heavy atom. The third kappa shape index (κ3) is 3.87. The maximum Gasteiger partial charge on any atom is 0.234 e. The Morgan fingerprint density at radius 3 is 2.76 bits per heavy atom. The van der Waals surface area contributed by atoms with E-state index in [-0.39, 0.29) is 24.9 Å². The third-order valence-electron chi connectivity index (χ3n) is 2.23. The van der Waals surface area contributed by atoms with Gasteiger partial charge in [-0.05, 0) is 19.1 Å². The van der Waals surface area contributed by atoms with Gasteiger partial charge in [-0.15, -0.1) is 12.4 Å². The number of carbonyl (C=O) groups excluding carboxylic acids is 1. The van der Waals surface area contributed by atoms with Crippen LogP contribution in [0.15, 0.2) is 18.2 Å². The number of carbonyl (C=O) groups is 1. The zero-order chi connectivity index (χ0) is 12.1. The van der Waals surface area contributed by atoms with Gasteiger partial charge in [0.05, 0.1) is 25.3 Å². The van der Waals surface area contributed by atoms with Crippen LogP contribution >= 0.6 is 12.4 Å². The number of ether oxygens (including phenoxy) is 1. The van der Waals surface area contributed by atoms with Crippen LogP contribution in [0.25, 0.3) is 0 Å². The molecule has 0 heterocycles. The average Bonchev–Trinajstić information content (AvgIpc) is 2.28. The van der Waals surface area contributed by atoms with E-state index in [1.807, 2.05) is 0 Å². The molecule has 1 atom stereocenters. The molecule has 0 radical (unpaired) electrons. The molecule has 0 saturated heterocycles. The summed E-state index contributed by atoms with van der Waals surface area (Å²) in [4.78, 5) is 11.1. The molecule has 6 heteroatoms. The molecule has 0 spiro atoms. The fourth-order valence-corrected chi connectivity index (χ4v) is 1.49. The van der Waals surface area contributed by atoms with Gasteiger partial charge >= 0.3 is 0 Å². The van der Waals surface area contributed by atoms with Crippen molar-refractivity contribution in [2.75, 3.05) is 13.7 Å². The largest absolute Gasteiger partial charge is 0.496 e. The van der Waals surface area contributed by atoms with E-state index >= 15 is 0 Å². The highest BCUT2D eigenvalue weighted by atomic mass is 35.5. The van der Waals surface area contributed by atoms with Crippen LogP contribution in [0.5, 0.6) is 5.75 Å². The molecule has 1 rings (SSSR count). The van der Waals surface area contributed by atoms with Gasteiger partial charge in [0.25, 0.3) is 0 Å². The fourth-order valence-electron chi connectivity index (χ4n) is 1.49. The van der Waals surface area contributed by atoms with E-state index in [0.717, 1.165) is 0 Å². The summed E-state index contributed by atoms with van der Waals surface area (Å²) < 4.78 is 18.6. The van der Waals surface area contributed by atoms with Gasteiger partial charge in [0.1, 0.15) is 11.6 Å². The van der Waals surface area contributed by atoms with Gasteiger partial charge in [0.2, 0.25) is 5.91 Å². The number of methoxy groups -OCH3 is 1. The van der Waals surface area contributed by atoms with E-state index in [0.29, 0.717) is 11.3 Å². The van der Waals surface area contributed by atoms with E-state index in [9.17, 15) is 9.18 Å². The summed E-state index contributed by atoms with van der Waals surface area (Å²) in [6.45, 7) is 1.55. The molecule has 4 nitrogen and oxygen atoms in total. The number of nitrogens with two attached hydrogens (primary N) is 1. The monoisotopic (exact) mass is 262 g/mol. The van der Waals surface area contributed by atoms with Gasteiger partial charge < -0.3 is 15.8 Å². The minimum absolute atomic E-state index is 0. The number of nitrogens with one attached hydrogen (secondary N) is 1. The number of rotatable bonds is 4. The number of benzene rings is 1. The average molecular weight is 263 g/mol. The van der Waals surface area contributed by atoms with Crippen molar-refractivity contribution in [1.82, 2.24) is 5.32 Å². The van der Waals surface area contributed by atoms with Gasteiger partial charge in [0.15, 0.2) is 0 Å². The highest BCUT2D eigenvalue weighted by molar-refractivity contribution is 5.85. The first-order chi connectivity index (χ1) is 7.60. The Balaban J connectivity index is 0.00000256. The van der Waals surface area contributed by atoms with Crippen LogP contribution in [0.1, 0.15) is 18.5 Å². The smallest absolute Gasteiger partial charge is 0.234 e. The molecule has 0 aliphatic rings. The molecule has 96 valence electrons. The van der Waals surface area contributed by atoms with Gasteiger partial charge in [-0.25, -0.2) is 4.39 Å². The molecule has 1 unspecified atom stereocenters. The summed E-state index contributed by atoms with van der Waals surface area (Å²) in [5.74, 6) is -0.341.